The molecular formula is C22H34N2O4S. The van der Waals surface area contributed by atoms with Gasteiger partial charge in [-0.25, -0.2) is 4.79 Å². The highest BCUT2D eigenvalue weighted by Crippen LogP contribution is 2.32. The molecule has 0 heterocycles. The van der Waals surface area contributed by atoms with Crippen molar-refractivity contribution in [1.29, 1.82) is 0 Å². The minimum Gasteiger partial charge on any atom is -0.497 e. The molecule has 1 amide bonds. The second-order valence-electron chi connectivity index (χ2n) is 8.06. The monoisotopic (exact) mass is 422 g/mol. The molecular weight excluding hydrogens is 388 g/mol. The minimum absolute atomic E-state index is 0.0560. The number of methoxy groups -OCH3 is 1. The van der Waals surface area contributed by atoms with E-state index < -0.39 is 16.8 Å². The molecule has 0 aliphatic rings. The van der Waals surface area contributed by atoms with E-state index >= 15 is 0 Å². The van der Waals surface area contributed by atoms with Gasteiger partial charge >= 0.3 is 5.97 Å². The van der Waals surface area contributed by atoms with Crippen LogP contribution in [0.1, 0.15) is 40.2 Å². The van der Waals surface area contributed by atoms with Crippen LogP contribution < -0.4 is 10.5 Å². The van der Waals surface area contributed by atoms with Crippen LogP contribution in [-0.4, -0.2) is 52.9 Å². The van der Waals surface area contributed by atoms with Crippen LogP contribution >= 0.6 is 11.8 Å². The van der Waals surface area contributed by atoms with E-state index in [1.165, 1.54) is 6.92 Å². The molecule has 0 saturated carbocycles. The normalized spacial score (nSPS) is 14.4. The Kier molecular flexibility index (Phi) is 9.23. The van der Waals surface area contributed by atoms with Gasteiger partial charge in [-0.2, -0.15) is 0 Å². The smallest absolute Gasteiger partial charge is 0.331 e. The summed E-state index contributed by atoms with van der Waals surface area (Å²) < 4.78 is 4.67. The van der Waals surface area contributed by atoms with Crippen molar-refractivity contribution in [1.82, 2.24) is 4.90 Å². The SMILES string of the molecule is COc1ccc(CSC(C)(C)[C@H](N)C(=O)N(C)[C@@H](C=C(C)C(=O)O)C(C)C)cc1. The Balaban J connectivity index is 2.88. The van der Waals surface area contributed by atoms with Crippen molar-refractivity contribution in [2.45, 2.75) is 57.2 Å². The van der Waals surface area contributed by atoms with E-state index in [1.54, 1.807) is 36.9 Å². The zero-order valence-corrected chi connectivity index (χ0v) is 19.2. The lowest BCUT2D eigenvalue weighted by Gasteiger charge is -2.36. The number of aliphatic carboxylic acids is 1. The number of thioether (sulfide) groups is 1. The number of ether oxygens (including phenoxy) is 1. The van der Waals surface area contributed by atoms with Crippen molar-refractivity contribution in [2.24, 2.45) is 11.7 Å². The molecule has 0 fully saturated rings. The minimum atomic E-state index is -0.990. The van der Waals surface area contributed by atoms with Gasteiger partial charge in [0.1, 0.15) is 5.75 Å². The fourth-order valence-electron chi connectivity index (χ4n) is 2.82. The number of rotatable bonds is 10. The average molecular weight is 423 g/mol. The molecule has 3 N–H and O–H groups in total. The van der Waals surface area contributed by atoms with Gasteiger partial charge in [0.05, 0.1) is 19.2 Å². The third kappa shape index (κ3) is 7.08. The van der Waals surface area contributed by atoms with Gasteiger partial charge < -0.3 is 20.5 Å². The number of nitrogens with zero attached hydrogens (tertiary/aromatic N) is 1. The molecule has 7 heteroatoms. The summed E-state index contributed by atoms with van der Waals surface area (Å²) >= 11 is 1.62. The van der Waals surface area contributed by atoms with Gasteiger partial charge in [0, 0.05) is 23.1 Å². The topological polar surface area (TPSA) is 92.9 Å². The molecule has 0 saturated heterocycles. The predicted molar refractivity (Wildman–Crippen MR) is 119 cm³/mol. The zero-order chi connectivity index (χ0) is 22.4. The molecule has 0 aliphatic carbocycles. The number of carbonyl (C=O) groups is 2. The standard InChI is InChI=1S/C22H34N2O4S/c1-14(2)18(12-15(3)21(26)27)24(6)20(25)19(23)22(4,5)29-13-16-8-10-17(28-7)11-9-16/h8-12,14,18-19H,13,23H2,1-7H3,(H,26,27)/t18-,19+/m0/s1. The van der Waals surface area contributed by atoms with Gasteiger partial charge in [-0.05, 0) is 44.4 Å². The summed E-state index contributed by atoms with van der Waals surface area (Å²) in [5.74, 6) is 0.380. The van der Waals surface area contributed by atoms with Crippen molar-refractivity contribution >= 4 is 23.6 Å². The largest absolute Gasteiger partial charge is 0.497 e. The summed E-state index contributed by atoms with van der Waals surface area (Å²) in [5.41, 5.74) is 7.70. The lowest BCUT2D eigenvalue weighted by Crippen LogP contribution is -2.55. The fraction of sp³-hybridized carbons (Fsp3) is 0.545. The van der Waals surface area contributed by atoms with E-state index in [2.05, 4.69) is 0 Å². The number of carboxylic acid groups (broad SMARTS) is 1. The van der Waals surface area contributed by atoms with Crippen LogP contribution in [0.15, 0.2) is 35.9 Å². The molecule has 6 nitrogen and oxygen atoms in total. The van der Waals surface area contributed by atoms with E-state index in [1.807, 2.05) is 52.0 Å². The highest BCUT2D eigenvalue weighted by atomic mass is 32.2. The summed E-state index contributed by atoms with van der Waals surface area (Å²) in [5, 5.41) is 9.18. The molecule has 2 atom stereocenters. The Morgan fingerprint density at radius 3 is 2.28 bits per heavy atom. The molecule has 1 aromatic carbocycles. The molecule has 0 bridgehead atoms. The maximum absolute atomic E-state index is 13.1. The lowest BCUT2D eigenvalue weighted by molar-refractivity contribution is -0.135. The number of carbonyl (C=O) groups excluding carboxylic acids is 1. The third-order valence-corrected chi connectivity index (χ3v) is 6.50. The van der Waals surface area contributed by atoms with Crippen LogP contribution in [0.3, 0.4) is 0 Å². The second-order valence-corrected chi connectivity index (χ2v) is 9.69. The number of benzene rings is 1. The van der Waals surface area contributed by atoms with Gasteiger partial charge in [0.2, 0.25) is 5.91 Å². The van der Waals surface area contributed by atoms with Crippen LogP contribution in [0.2, 0.25) is 0 Å². The Bertz CT molecular complexity index is 729. The summed E-state index contributed by atoms with van der Waals surface area (Å²) in [6.45, 7) is 9.36. The number of hydrogen-bond acceptors (Lipinski definition) is 5. The first kappa shape index (κ1) is 25.0. The molecule has 0 radical (unpaired) electrons. The molecule has 1 aromatic rings. The zero-order valence-electron chi connectivity index (χ0n) is 18.4. The van der Waals surface area contributed by atoms with Crippen molar-refractivity contribution in [2.75, 3.05) is 14.2 Å². The summed E-state index contributed by atoms with van der Waals surface area (Å²) in [4.78, 5) is 25.8. The quantitative estimate of drug-likeness (QED) is 0.560. The van der Waals surface area contributed by atoms with E-state index in [-0.39, 0.29) is 23.4 Å². The highest BCUT2D eigenvalue weighted by molar-refractivity contribution is 7.99. The van der Waals surface area contributed by atoms with Crippen LogP contribution in [-0.2, 0) is 15.3 Å². The average Bonchev–Trinajstić information content (AvgIpc) is 2.68. The predicted octanol–water partition coefficient (Wildman–Crippen LogP) is 3.55. The summed E-state index contributed by atoms with van der Waals surface area (Å²) in [6.07, 6.45) is 1.62. The van der Waals surface area contributed by atoms with Gasteiger partial charge in [0.15, 0.2) is 0 Å². The third-order valence-electron chi connectivity index (χ3n) is 5.02. The molecule has 29 heavy (non-hydrogen) atoms. The number of hydrogen-bond donors (Lipinski definition) is 2. The van der Waals surface area contributed by atoms with E-state index in [4.69, 9.17) is 10.5 Å². The van der Waals surface area contributed by atoms with E-state index in [0.717, 1.165) is 11.3 Å². The Morgan fingerprint density at radius 1 is 1.28 bits per heavy atom. The van der Waals surface area contributed by atoms with Crippen molar-refractivity contribution in [3.05, 3.63) is 41.5 Å². The van der Waals surface area contributed by atoms with Crippen LogP contribution in [0, 0.1) is 5.92 Å². The fourth-order valence-corrected chi connectivity index (χ4v) is 3.83. The number of nitrogens with two attached hydrogens (primary N) is 1. The van der Waals surface area contributed by atoms with E-state index in [9.17, 15) is 14.7 Å². The Morgan fingerprint density at radius 2 is 1.83 bits per heavy atom. The maximum Gasteiger partial charge on any atom is 0.331 e. The molecule has 162 valence electrons. The maximum atomic E-state index is 13.1. The first-order valence-corrected chi connectivity index (χ1v) is 10.6. The van der Waals surface area contributed by atoms with Crippen molar-refractivity contribution in [3.63, 3.8) is 0 Å². The summed E-state index contributed by atoms with van der Waals surface area (Å²) in [6, 6.07) is 6.74. The van der Waals surface area contributed by atoms with Crippen LogP contribution in [0.4, 0.5) is 0 Å². The van der Waals surface area contributed by atoms with Crippen molar-refractivity contribution in [3.8, 4) is 5.75 Å². The number of likely N-dealkylation sites (N-methyl/N-ethyl adjacent to an activating group) is 1. The lowest BCUT2D eigenvalue weighted by atomic mass is 9.97. The van der Waals surface area contributed by atoms with Crippen LogP contribution in [0.5, 0.6) is 5.75 Å². The van der Waals surface area contributed by atoms with E-state index in [0.29, 0.717) is 5.75 Å². The number of amides is 1. The first-order chi connectivity index (χ1) is 13.4. The van der Waals surface area contributed by atoms with Gasteiger partial charge in [-0.3, -0.25) is 4.79 Å². The van der Waals surface area contributed by atoms with Gasteiger partial charge in [0.25, 0.3) is 0 Å². The summed E-state index contributed by atoms with van der Waals surface area (Å²) in [7, 11) is 3.31. The van der Waals surface area contributed by atoms with Crippen molar-refractivity contribution < 1.29 is 19.4 Å². The van der Waals surface area contributed by atoms with Gasteiger partial charge in [-0.15, -0.1) is 11.8 Å². The molecule has 1 rings (SSSR count). The highest BCUT2D eigenvalue weighted by Gasteiger charge is 2.36. The molecule has 0 aliphatic heterocycles. The Hall–Kier alpha value is -1.99. The Labute approximate surface area is 178 Å². The van der Waals surface area contributed by atoms with Gasteiger partial charge in [-0.1, -0.05) is 32.1 Å². The van der Waals surface area contributed by atoms with Crippen LogP contribution in [0.25, 0.3) is 0 Å². The molecule has 0 unspecified atom stereocenters. The second kappa shape index (κ2) is 10.7. The molecule has 0 spiro atoms. The first-order valence-electron chi connectivity index (χ1n) is 9.61. The molecule has 0 aromatic heterocycles. The number of carboxylic acids is 1.